The predicted octanol–water partition coefficient (Wildman–Crippen LogP) is 3.59. The van der Waals surface area contributed by atoms with Crippen molar-refractivity contribution >= 4 is 28.8 Å². The quantitative estimate of drug-likeness (QED) is 0.838. The maximum absolute atomic E-state index is 11.8. The van der Waals surface area contributed by atoms with Gasteiger partial charge in [-0.1, -0.05) is 11.6 Å². The summed E-state index contributed by atoms with van der Waals surface area (Å²) in [6.07, 6.45) is -0.141. The number of thiophene rings is 1. The molecule has 0 aliphatic heterocycles. The van der Waals surface area contributed by atoms with Crippen molar-refractivity contribution in [1.82, 2.24) is 5.32 Å². The molecule has 2 aromatic rings. The summed E-state index contributed by atoms with van der Waals surface area (Å²) in [4.78, 5) is 14.1. The van der Waals surface area contributed by atoms with E-state index < -0.39 is 0 Å². The van der Waals surface area contributed by atoms with Crippen molar-refractivity contribution in [3.63, 3.8) is 0 Å². The van der Waals surface area contributed by atoms with Gasteiger partial charge in [0.1, 0.15) is 11.9 Å². The molecule has 0 radical (unpaired) electrons. The Hall–Kier alpha value is -1.56. The van der Waals surface area contributed by atoms with E-state index in [0.29, 0.717) is 17.3 Å². The van der Waals surface area contributed by atoms with Gasteiger partial charge in [-0.3, -0.25) is 4.79 Å². The maximum Gasteiger partial charge on any atom is 0.258 e. The molecule has 1 atom stereocenters. The summed E-state index contributed by atoms with van der Waals surface area (Å²) in [6, 6.07) is 10.9. The Labute approximate surface area is 139 Å². The SMILES string of the molecule is COC(CNC(=O)COc1ccc(Cl)cc1)c1ccc(C)s1. The average molecular weight is 340 g/mol. The van der Waals surface area contributed by atoms with Crippen molar-refractivity contribution in [2.75, 3.05) is 20.3 Å². The van der Waals surface area contributed by atoms with Crippen molar-refractivity contribution < 1.29 is 14.3 Å². The predicted molar refractivity (Wildman–Crippen MR) is 88.8 cm³/mol. The third-order valence-corrected chi connectivity index (χ3v) is 4.38. The average Bonchev–Trinajstić information content (AvgIpc) is 2.94. The van der Waals surface area contributed by atoms with Crippen LogP contribution in [-0.4, -0.2) is 26.2 Å². The van der Waals surface area contributed by atoms with Gasteiger partial charge in [-0.15, -0.1) is 11.3 Å². The van der Waals surface area contributed by atoms with Crippen molar-refractivity contribution in [1.29, 1.82) is 0 Å². The lowest BCUT2D eigenvalue weighted by molar-refractivity contribution is -0.123. The number of carbonyl (C=O) groups excluding carboxylic acids is 1. The lowest BCUT2D eigenvalue weighted by Crippen LogP contribution is -2.32. The van der Waals surface area contributed by atoms with Gasteiger partial charge in [0.15, 0.2) is 6.61 Å². The van der Waals surface area contributed by atoms with Crippen LogP contribution in [0.25, 0.3) is 0 Å². The molecule has 0 bridgehead atoms. The van der Waals surface area contributed by atoms with Crippen LogP contribution in [-0.2, 0) is 9.53 Å². The summed E-state index contributed by atoms with van der Waals surface area (Å²) in [6.45, 7) is 2.42. The molecular formula is C16H18ClNO3S. The molecule has 1 amide bonds. The first-order valence-corrected chi connectivity index (χ1v) is 8.02. The van der Waals surface area contributed by atoms with Gasteiger partial charge in [0, 0.05) is 28.4 Å². The Morgan fingerprint density at radius 2 is 2.00 bits per heavy atom. The summed E-state index contributed by atoms with van der Waals surface area (Å²) in [5, 5.41) is 3.45. The molecule has 0 aliphatic carbocycles. The fourth-order valence-electron chi connectivity index (χ4n) is 1.86. The first-order valence-electron chi connectivity index (χ1n) is 6.82. The monoisotopic (exact) mass is 339 g/mol. The van der Waals surface area contributed by atoms with Gasteiger partial charge in [-0.05, 0) is 43.3 Å². The highest BCUT2D eigenvalue weighted by molar-refractivity contribution is 7.12. The highest BCUT2D eigenvalue weighted by atomic mass is 35.5. The Morgan fingerprint density at radius 1 is 1.27 bits per heavy atom. The summed E-state index contributed by atoms with van der Waals surface area (Å²) in [5.74, 6) is 0.419. The maximum atomic E-state index is 11.8. The van der Waals surface area contributed by atoms with Crippen molar-refractivity contribution in [2.24, 2.45) is 0 Å². The van der Waals surface area contributed by atoms with Crippen LogP contribution in [0.2, 0.25) is 5.02 Å². The summed E-state index contributed by atoms with van der Waals surface area (Å²) < 4.78 is 10.8. The van der Waals surface area contributed by atoms with E-state index in [0.717, 1.165) is 4.88 Å². The number of nitrogens with one attached hydrogen (secondary N) is 1. The molecule has 118 valence electrons. The van der Waals surface area contributed by atoms with Crippen molar-refractivity contribution in [3.05, 3.63) is 51.2 Å². The number of methoxy groups -OCH3 is 1. The van der Waals surface area contributed by atoms with Crippen molar-refractivity contribution in [3.8, 4) is 5.75 Å². The Balaban J connectivity index is 1.78. The number of halogens is 1. The number of hydrogen-bond donors (Lipinski definition) is 1. The number of hydrogen-bond acceptors (Lipinski definition) is 4. The number of ether oxygens (including phenoxy) is 2. The standard InChI is InChI=1S/C16H18ClNO3S/c1-11-3-8-15(22-11)14(20-2)9-18-16(19)10-21-13-6-4-12(17)5-7-13/h3-8,14H,9-10H2,1-2H3,(H,18,19). The fraction of sp³-hybridized carbons (Fsp3) is 0.312. The largest absolute Gasteiger partial charge is 0.484 e. The minimum Gasteiger partial charge on any atom is -0.484 e. The van der Waals surface area contributed by atoms with E-state index in [4.69, 9.17) is 21.1 Å². The van der Waals surface area contributed by atoms with Crippen LogP contribution < -0.4 is 10.1 Å². The van der Waals surface area contributed by atoms with E-state index in [2.05, 4.69) is 5.32 Å². The Morgan fingerprint density at radius 3 is 2.59 bits per heavy atom. The molecule has 1 aromatic carbocycles. The molecule has 1 unspecified atom stereocenters. The van der Waals surface area contributed by atoms with Gasteiger partial charge >= 0.3 is 0 Å². The molecule has 22 heavy (non-hydrogen) atoms. The topological polar surface area (TPSA) is 47.6 Å². The molecule has 4 nitrogen and oxygen atoms in total. The van der Waals surface area contributed by atoms with E-state index in [9.17, 15) is 4.79 Å². The van der Waals surface area contributed by atoms with Gasteiger partial charge < -0.3 is 14.8 Å². The highest BCUT2D eigenvalue weighted by Gasteiger charge is 2.14. The van der Waals surface area contributed by atoms with Crippen LogP contribution in [0.15, 0.2) is 36.4 Å². The summed E-state index contributed by atoms with van der Waals surface area (Å²) in [5.41, 5.74) is 0. The van der Waals surface area contributed by atoms with Crippen LogP contribution in [0, 0.1) is 6.92 Å². The molecule has 1 heterocycles. The zero-order valence-corrected chi connectivity index (χ0v) is 14.0. The van der Waals surface area contributed by atoms with E-state index in [1.807, 2.05) is 19.1 Å². The molecule has 0 saturated carbocycles. The molecule has 0 aliphatic rings. The van der Waals surface area contributed by atoms with E-state index >= 15 is 0 Å². The second-order valence-corrected chi connectivity index (χ2v) is 6.48. The lowest BCUT2D eigenvalue weighted by atomic mass is 10.3. The van der Waals surface area contributed by atoms with Gasteiger partial charge in [0.25, 0.3) is 5.91 Å². The normalized spacial score (nSPS) is 12.0. The Kier molecular flexibility index (Phi) is 6.24. The van der Waals surface area contributed by atoms with Gasteiger partial charge in [-0.2, -0.15) is 0 Å². The first kappa shape index (κ1) is 16.8. The number of carbonyl (C=O) groups is 1. The molecule has 1 aromatic heterocycles. The molecule has 0 saturated heterocycles. The minimum absolute atomic E-state index is 0.0401. The molecule has 2 rings (SSSR count). The zero-order valence-electron chi connectivity index (χ0n) is 12.5. The van der Waals surface area contributed by atoms with Crippen LogP contribution in [0.3, 0.4) is 0 Å². The second kappa shape index (κ2) is 8.17. The smallest absolute Gasteiger partial charge is 0.258 e. The minimum atomic E-state index is -0.190. The van der Waals surface area contributed by atoms with Gasteiger partial charge in [0.2, 0.25) is 0 Å². The van der Waals surface area contributed by atoms with Crippen LogP contribution in [0.4, 0.5) is 0 Å². The van der Waals surface area contributed by atoms with E-state index in [1.165, 1.54) is 4.88 Å². The van der Waals surface area contributed by atoms with Gasteiger partial charge in [0.05, 0.1) is 0 Å². The van der Waals surface area contributed by atoms with Crippen LogP contribution in [0.5, 0.6) is 5.75 Å². The first-order chi connectivity index (χ1) is 10.6. The molecule has 0 spiro atoms. The van der Waals surface area contributed by atoms with Crippen LogP contribution >= 0.6 is 22.9 Å². The molecule has 6 heteroatoms. The summed E-state index contributed by atoms with van der Waals surface area (Å²) >= 11 is 7.45. The highest BCUT2D eigenvalue weighted by Crippen LogP contribution is 2.24. The summed E-state index contributed by atoms with van der Waals surface area (Å²) in [7, 11) is 1.64. The van der Waals surface area contributed by atoms with Crippen LogP contribution in [0.1, 0.15) is 15.9 Å². The van der Waals surface area contributed by atoms with Crippen molar-refractivity contribution in [2.45, 2.75) is 13.0 Å². The third-order valence-electron chi connectivity index (χ3n) is 3.03. The van der Waals surface area contributed by atoms with E-state index in [-0.39, 0.29) is 18.6 Å². The molecular weight excluding hydrogens is 322 g/mol. The zero-order chi connectivity index (χ0) is 15.9. The number of benzene rings is 1. The second-order valence-electron chi connectivity index (χ2n) is 4.72. The number of aryl methyl sites for hydroxylation is 1. The molecule has 1 N–H and O–H groups in total. The molecule has 0 fully saturated rings. The number of amides is 1. The van der Waals surface area contributed by atoms with Gasteiger partial charge in [-0.25, -0.2) is 0 Å². The number of rotatable bonds is 7. The lowest BCUT2D eigenvalue weighted by Gasteiger charge is -2.15. The fourth-order valence-corrected chi connectivity index (χ4v) is 2.94. The van der Waals surface area contributed by atoms with E-state index in [1.54, 1.807) is 42.7 Å². The third kappa shape index (κ3) is 5.02. The Bertz CT molecular complexity index is 612.